The Labute approximate surface area is 84.2 Å². The van der Waals surface area contributed by atoms with Crippen LogP contribution in [0.5, 0.6) is 0 Å². The average Bonchev–Trinajstić information content (AvgIpc) is 1.94. The lowest BCUT2D eigenvalue weighted by Crippen LogP contribution is -2.39. The summed E-state index contributed by atoms with van der Waals surface area (Å²) in [4.78, 5) is 11.5. The number of ether oxygens (including phenoxy) is 1. The lowest BCUT2D eigenvalue weighted by molar-refractivity contribution is -0.424. The maximum absolute atomic E-state index is 11.5. The van der Waals surface area contributed by atoms with Crippen LogP contribution >= 0.6 is 0 Å². The van der Waals surface area contributed by atoms with Gasteiger partial charge in [0, 0.05) is 0 Å². The van der Waals surface area contributed by atoms with Crippen LogP contribution in [0.1, 0.15) is 33.6 Å². The van der Waals surface area contributed by atoms with Crippen molar-refractivity contribution in [3.8, 4) is 0 Å². The van der Waals surface area contributed by atoms with Crippen LogP contribution in [0.2, 0.25) is 0 Å². The summed E-state index contributed by atoms with van der Waals surface area (Å²) >= 11 is 0. The molecule has 0 aromatic carbocycles. The number of nitrogens with zero attached hydrogens (tertiary/aromatic N) is 1. The van der Waals surface area contributed by atoms with Gasteiger partial charge in [0.2, 0.25) is 0 Å². The molecule has 4 heteroatoms. The highest BCUT2D eigenvalue weighted by atomic mass is 16.6. The summed E-state index contributed by atoms with van der Waals surface area (Å²) in [7, 11) is 1.68. The fraction of sp³-hybridized carbons (Fsp3) is 0.800. The molecule has 1 rings (SSSR count). The highest BCUT2D eigenvalue weighted by molar-refractivity contribution is 5.89. The second kappa shape index (κ2) is 3.69. The molecule has 0 heterocycles. The number of amides is 1. The van der Waals surface area contributed by atoms with Gasteiger partial charge in [-0.1, -0.05) is 0 Å². The molecule has 1 saturated carbocycles. The Morgan fingerprint density at radius 1 is 1.50 bits per heavy atom. The first-order valence-electron chi connectivity index (χ1n) is 4.79. The van der Waals surface area contributed by atoms with Crippen LogP contribution in [-0.2, 0) is 4.74 Å². The molecular formula is C10H18NO3+. The molecule has 0 saturated heterocycles. The van der Waals surface area contributed by atoms with E-state index in [0.717, 1.165) is 5.71 Å². The fourth-order valence-electron chi connectivity index (χ4n) is 1.22. The maximum atomic E-state index is 11.5. The summed E-state index contributed by atoms with van der Waals surface area (Å²) in [6.45, 7) is 5.50. The van der Waals surface area contributed by atoms with E-state index < -0.39 is 5.60 Å². The van der Waals surface area contributed by atoms with Crippen LogP contribution in [0, 0.1) is 0 Å². The molecule has 0 spiro atoms. The molecule has 1 fully saturated rings. The molecule has 0 unspecified atom stereocenters. The number of carbonyl (C=O) groups excluding carboxylic acids is 1. The molecule has 0 atom stereocenters. The third-order valence-electron chi connectivity index (χ3n) is 2.08. The smallest absolute Gasteiger partial charge is 0.406 e. The molecule has 1 amide bonds. The summed E-state index contributed by atoms with van der Waals surface area (Å²) in [6.07, 6.45) is 0.528. The van der Waals surface area contributed by atoms with Crippen molar-refractivity contribution in [3.63, 3.8) is 0 Å². The summed E-state index contributed by atoms with van der Waals surface area (Å²) in [6, 6.07) is 0. The number of aliphatic hydroxyl groups excluding tert-OH is 1. The minimum Gasteiger partial charge on any atom is -0.406 e. The number of carbonyl (C=O) groups is 1. The van der Waals surface area contributed by atoms with Gasteiger partial charge < -0.3 is 9.84 Å². The monoisotopic (exact) mass is 200 g/mol. The van der Waals surface area contributed by atoms with Crippen molar-refractivity contribution in [3.05, 3.63) is 0 Å². The molecule has 0 radical (unpaired) electrons. The second-order valence-corrected chi connectivity index (χ2v) is 4.67. The van der Waals surface area contributed by atoms with Crippen LogP contribution in [0.4, 0.5) is 4.79 Å². The second-order valence-electron chi connectivity index (χ2n) is 4.67. The van der Waals surface area contributed by atoms with Crippen LogP contribution < -0.4 is 0 Å². The summed E-state index contributed by atoms with van der Waals surface area (Å²) in [5.74, 6) is 0. The van der Waals surface area contributed by atoms with E-state index in [0.29, 0.717) is 12.8 Å². The van der Waals surface area contributed by atoms with Gasteiger partial charge in [-0.3, -0.25) is 0 Å². The third kappa shape index (κ3) is 2.80. The van der Waals surface area contributed by atoms with E-state index in [9.17, 15) is 4.79 Å². The van der Waals surface area contributed by atoms with Gasteiger partial charge in [0.25, 0.3) is 0 Å². The van der Waals surface area contributed by atoms with Crippen molar-refractivity contribution in [1.82, 2.24) is 0 Å². The molecule has 1 aliphatic rings. The quantitative estimate of drug-likeness (QED) is 0.597. The Morgan fingerprint density at radius 2 is 2.00 bits per heavy atom. The van der Waals surface area contributed by atoms with Crippen molar-refractivity contribution >= 4 is 11.8 Å². The molecule has 1 aliphatic carbocycles. The number of aliphatic hydroxyl groups is 1. The van der Waals surface area contributed by atoms with Gasteiger partial charge in [-0.15, -0.1) is 4.58 Å². The highest BCUT2D eigenvalue weighted by Crippen LogP contribution is 2.16. The van der Waals surface area contributed by atoms with Crippen LogP contribution in [0.25, 0.3) is 0 Å². The molecule has 4 nitrogen and oxygen atoms in total. The minimum atomic E-state index is -0.464. The van der Waals surface area contributed by atoms with Gasteiger partial charge in [0.1, 0.15) is 12.6 Å². The standard InChI is InChI=1S/C10H18NO3/c1-10(2,3)14-9(13)11(4)7-5-8(12)6-7/h8,12H,5-6H2,1-4H3/q+1. The fourth-order valence-corrected chi connectivity index (χ4v) is 1.22. The first kappa shape index (κ1) is 11.2. The summed E-state index contributed by atoms with van der Waals surface area (Å²) in [5, 5.41) is 9.08. The van der Waals surface area contributed by atoms with E-state index >= 15 is 0 Å². The van der Waals surface area contributed by atoms with Crippen LogP contribution in [0.15, 0.2) is 0 Å². The average molecular weight is 200 g/mol. The summed E-state index contributed by atoms with van der Waals surface area (Å²) in [5.41, 5.74) is 0.473. The third-order valence-corrected chi connectivity index (χ3v) is 2.08. The topological polar surface area (TPSA) is 49.5 Å². The van der Waals surface area contributed by atoms with Gasteiger partial charge >= 0.3 is 6.09 Å². The van der Waals surface area contributed by atoms with E-state index in [2.05, 4.69) is 0 Å². The largest absolute Gasteiger partial charge is 0.596 e. The van der Waals surface area contributed by atoms with Gasteiger partial charge in [-0.05, 0) is 20.8 Å². The van der Waals surface area contributed by atoms with Gasteiger partial charge in [0.15, 0.2) is 5.71 Å². The highest BCUT2D eigenvalue weighted by Gasteiger charge is 2.34. The first-order chi connectivity index (χ1) is 6.29. The maximum Gasteiger partial charge on any atom is 0.596 e. The zero-order chi connectivity index (χ0) is 10.9. The van der Waals surface area contributed by atoms with Crippen molar-refractivity contribution in [2.24, 2.45) is 0 Å². The molecule has 1 N–H and O–H groups in total. The Morgan fingerprint density at radius 3 is 2.36 bits per heavy atom. The molecule has 14 heavy (non-hydrogen) atoms. The minimum absolute atomic E-state index is 0.283. The summed E-state index contributed by atoms with van der Waals surface area (Å²) < 4.78 is 6.66. The van der Waals surface area contributed by atoms with Crippen molar-refractivity contribution < 1.29 is 19.2 Å². The zero-order valence-electron chi connectivity index (χ0n) is 9.20. The van der Waals surface area contributed by atoms with Crippen LogP contribution in [-0.4, -0.2) is 40.2 Å². The molecule has 80 valence electrons. The van der Waals surface area contributed by atoms with Crippen molar-refractivity contribution in [2.75, 3.05) is 7.05 Å². The van der Waals surface area contributed by atoms with Gasteiger partial charge in [0.05, 0.1) is 18.9 Å². The zero-order valence-corrected chi connectivity index (χ0v) is 9.20. The Hall–Kier alpha value is -0.900. The van der Waals surface area contributed by atoms with Crippen LogP contribution in [0.3, 0.4) is 0 Å². The number of hydrogen-bond acceptors (Lipinski definition) is 3. The van der Waals surface area contributed by atoms with E-state index in [1.54, 1.807) is 7.05 Å². The van der Waals surface area contributed by atoms with E-state index in [1.807, 2.05) is 20.8 Å². The van der Waals surface area contributed by atoms with E-state index in [1.165, 1.54) is 4.58 Å². The SMILES string of the molecule is C[N+](C(=O)OC(C)(C)C)=C1CC(O)C1. The molecule has 0 aromatic heterocycles. The predicted molar refractivity (Wildman–Crippen MR) is 52.7 cm³/mol. The molecule has 0 aliphatic heterocycles. The molecular weight excluding hydrogens is 182 g/mol. The van der Waals surface area contributed by atoms with Gasteiger partial charge in [-0.2, -0.15) is 4.79 Å². The Kier molecular flexibility index (Phi) is 2.95. The van der Waals surface area contributed by atoms with Crippen molar-refractivity contribution in [2.45, 2.75) is 45.3 Å². The number of hydrogen-bond donors (Lipinski definition) is 1. The molecule has 0 aromatic rings. The Balaban J connectivity index is 2.58. The lowest BCUT2D eigenvalue weighted by Gasteiger charge is -2.21. The predicted octanol–water partition coefficient (Wildman–Crippen LogP) is 1.16. The first-order valence-corrected chi connectivity index (χ1v) is 4.79. The van der Waals surface area contributed by atoms with Gasteiger partial charge in [-0.25, -0.2) is 0 Å². The molecule has 0 bridgehead atoms. The lowest BCUT2D eigenvalue weighted by atomic mass is 9.93. The van der Waals surface area contributed by atoms with E-state index in [-0.39, 0.29) is 12.2 Å². The van der Waals surface area contributed by atoms with E-state index in [4.69, 9.17) is 9.84 Å². The normalized spacial score (nSPS) is 21.5. The number of rotatable bonds is 0. The van der Waals surface area contributed by atoms with Crippen molar-refractivity contribution in [1.29, 1.82) is 0 Å². The Bertz CT molecular complexity index is 268.